The first-order valence-electron chi connectivity index (χ1n) is 9.42. The number of carbonyl (C=O) groups is 1. The number of ether oxygens (including phenoxy) is 1. The second-order valence-corrected chi connectivity index (χ2v) is 7.56. The zero-order chi connectivity index (χ0) is 17.8. The van der Waals surface area contributed by atoms with Crippen LogP contribution < -0.4 is 10.1 Å². The highest BCUT2D eigenvalue weighted by molar-refractivity contribution is 5.78. The predicted octanol–water partition coefficient (Wildman–Crippen LogP) is 2.04. The van der Waals surface area contributed by atoms with Crippen LogP contribution in [-0.2, 0) is 11.3 Å². The molecule has 0 radical (unpaired) electrons. The summed E-state index contributed by atoms with van der Waals surface area (Å²) in [5, 5.41) is 3.15. The van der Waals surface area contributed by atoms with Gasteiger partial charge in [0.05, 0.1) is 13.7 Å². The highest BCUT2D eigenvalue weighted by atomic mass is 16.5. The van der Waals surface area contributed by atoms with Crippen molar-refractivity contribution in [1.29, 1.82) is 0 Å². The van der Waals surface area contributed by atoms with Crippen molar-refractivity contribution in [2.75, 3.05) is 39.8 Å². The summed E-state index contributed by atoms with van der Waals surface area (Å²) in [4.78, 5) is 16.9. The molecule has 2 fully saturated rings. The summed E-state index contributed by atoms with van der Waals surface area (Å²) in [6, 6.07) is 6.67. The Bertz CT molecular complexity index is 593. The van der Waals surface area contributed by atoms with Gasteiger partial charge < -0.3 is 10.1 Å². The maximum Gasteiger partial charge on any atom is 0.234 e. The van der Waals surface area contributed by atoms with Gasteiger partial charge in [0.2, 0.25) is 5.91 Å². The second kappa shape index (κ2) is 8.19. The maximum absolute atomic E-state index is 12.2. The van der Waals surface area contributed by atoms with Crippen molar-refractivity contribution < 1.29 is 9.53 Å². The third kappa shape index (κ3) is 5.19. The van der Waals surface area contributed by atoms with Crippen LogP contribution in [0.25, 0.3) is 0 Å². The number of nitrogens with zero attached hydrogens (tertiary/aromatic N) is 2. The largest absolute Gasteiger partial charge is 0.496 e. The lowest BCUT2D eigenvalue weighted by Crippen LogP contribution is -2.50. The zero-order valence-electron chi connectivity index (χ0n) is 15.8. The summed E-state index contributed by atoms with van der Waals surface area (Å²) in [5.74, 6) is 1.85. The van der Waals surface area contributed by atoms with E-state index in [9.17, 15) is 4.79 Å². The van der Waals surface area contributed by atoms with E-state index >= 15 is 0 Å². The lowest BCUT2D eigenvalue weighted by molar-refractivity contribution is -0.123. The SMILES string of the molecule is COc1ccc(C)cc1CN1CCN(CC(=O)N[C@@H](C)C2CC2)CC1. The van der Waals surface area contributed by atoms with Crippen LogP contribution in [0.5, 0.6) is 5.75 Å². The molecule has 1 atom stereocenters. The molecular formula is C20H31N3O2. The lowest BCUT2D eigenvalue weighted by atomic mass is 10.1. The first-order valence-corrected chi connectivity index (χ1v) is 9.42. The van der Waals surface area contributed by atoms with Crippen LogP contribution in [-0.4, -0.2) is 61.6 Å². The normalized spacial score (nSPS) is 20.3. The topological polar surface area (TPSA) is 44.8 Å². The van der Waals surface area contributed by atoms with Crippen molar-refractivity contribution in [2.45, 2.75) is 39.3 Å². The summed E-state index contributed by atoms with van der Waals surface area (Å²) >= 11 is 0. The van der Waals surface area contributed by atoms with Crippen LogP contribution >= 0.6 is 0 Å². The highest BCUT2D eigenvalue weighted by Gasteiger charge is 2.29. The molecular weight excluding hydrogens is 314 g/mol. The molecule has 1 aliphatic carbocycles. The second-order valence-electron chi connectivity index (χ2n) is 7.56. The Kier molecular flexibility index (Phi) is 5.97. The molecule has 1 amide bonds. The molecule has 138 valence electrons. The minimum absolute atomic E-state index is 0.174. The Morgan fingerprint density at radius 3 is 2.56 bits per heavy atom. The standard InChI is InChI=1S/C20H31N3O2/c1-15-4-7-19(25-3)18(12-15)13-22-8-10-23(11-9-22)14-20(24)21-16(2)17-5-6-17/h4,7,12,16-17H,5-6,8-11,13-14H2,1-3H3,(H,21,24)/t16-/m0/s1. The summed E-state index contributed by atoms with van der Waals surface area (Å²) in [5.41, 5.74) is 2.50. The van der Waals surface area contributed by atoms with Gasteiger partial charge in [0, 0.05) is 44.3 Å². The number of hydrogen-bond donors (Lipinski definition) is 1. The van der Waals surface area contributed by atoms with Crippen molar-refractivity contribution in [1.82, 2.24) is 15.1 Å². The average molecular weight is 345 g/mol. The number of hydrogen-bond acceptors (Lipinski definition) is 4. The predicted molar refractivity (Wildman–Crippen MR) is 99.8 cm³/mol. The van der Waals surface area contributed by atoms with Gasteiger partial charge in [0.15, 0.2) is 0 Å². The molecule has 1 saturated heterocycles. The van der Waals surface area contributed by atoms with E-state index in [4.69, 9.17) is 4.74 Å². The third-order valence-corrected chi connectivity index (χ3v) is 5.38. The Labute approximate surface area is 151 Å². The van der Waals surface area contributed by atoms with Gasteiger partial charge in [-0.3, -0.25) is 14.6 Å². The van der Waals surface area contributed by atoms with Gasteiger partial charge in [-0.05, 0) is 38.7 Å². The number of carbonyl (C=O) groups excluding carboxylic acids is 1. The molecule has 1 N–H and O–H groups in total. The van der Waals surface area contributed by atoms with E-state index in [0.717, 1.165) is 38.5 Å². The van der Waals surface area contributed by atoms with Crippen molar-refractivity contribution in [3.63, 3.8) is 0 Å². The van der Waals surface area contributed by atoms with E-state index in [1.807, 2.05) is 6.07 Å². The van der Waals surface area contributed by atoms with Crippen LogP contribution in [0.3, 0.4) is 0 Å². The minimum atomic E-state index is 0.174. The molecule has 5 nitrogen and oxygen atoms in total. The zero-order valence-corrected chi connectivity index (χ0v) is 15.8. The lowest BCUT2D eigenvalue weighted by Gasteiger charge is -2.34. The molecule has 1 aromatic carbocycles. The van der Waals surface area contributed by atoms with E-state index < -0.39 is 0 Å². The number of nitrogens with one attached hydrogen (secondary N) is 1. The monoisotopic (exact) mass is 345 g/mol. The van der Waals surface area contributed by atoms with E-state index in [-0.39, 0.29) is 5.91 Å². The molecule has 1 saturated carbocycles. The number of benzene rings is 1. The van der Waals surface area contributed by atoms with E-state index in [1.54, 1.807) is 7.11 Å². The van der Waals surface area contributed by atoms with Crippen LogP contribution in [0, 0.1) is 12.8 Å². The Balaban J connectivity index is 1.44. The average Bonchev–Trinajstić information content (AvgIpc) is 3.42. The Hall–Kier alpha value is -1.59. The molecule has 5 heteroatoms. The van der Waals surface area contributed by atoms with Gasteiger partial charge in [-0.25, -0.2) is 0 Å². The molecule has 25 heavy (non-hydrogen) atoms. The number of methoxy groups -OCH3 is 1. The number of amides is 1. The molecule has 0 spiro atoms. The van der Waals surface area contributed by atoms with Crippen LogP contribution in [0.2, 0.25) is 0 Å². The number of rotatable bonds is 7. The quantitative estimate of drug-likeness (QED) is 0.821. The molecule has 1 aromatic rings. The fourth-order valence-electron chi connectivity index (χ4n) is 3.59. The smallest absolute Gasteiger partial charge is 0.234 e. The van der Waals surface area contributed by atoms with E-state index in [0.29, 0.717) is 18.5 Å². The minimum Gasteiger partial charge on any atom is -0.496 e. The van der Waals surface area contributed by atoms with Crippen molar-refractivity contribution in [3.05, 3.63) is 29.3 Å². The van der Waals surface area contributed by atoms with Gasteiger partial charge >= 0.3 is 0 Å². The molecule has 3 rings (SSSR count). The van der Waals surface area contributed by atoms with Crippen LogP contribution in [0.1, 0.15) is 30.9 Å². The molecule has 1 heterocycles. The van der Waals surface area contributed by atoms with Gasteiger partial charge in [-0.2, -0.15) is 0 Å². The molecule has 0 unspecified atom stereocenters. The number of aryl methyl sites for hydroxylation is 1. The fraction of sp³-hybridized carbons (Fsp3) is 0.650. The van der Waals surface area contributed by atoms with Crippen LogP contribution in [0.4, 0.5) is 0 Å². The highest BCUT2D eigenvalue weighted by Crippen LogP contribution is 2.32. The summed E-state index contributed by atoms with van der Waals surface area (Å²) in [6.07, 6.45) is 2.53. The first-order chi connectivity index (χ1) is 12.0. The number of piperazine rings is 1. The van der Waals surface area contributed by atoms with E-state index in [2.05, 4.69) is 41.1 Å². The third-order valence-electron chi connectivity index (χ3n) is 5.38. The molecule has 0 bridgehead atoms. The first kappa shape index (κ1) is 18.2. The van der Waals surface area contributed by atoms with Gasteiger partial charge in [-0.15, -0.1) is 0 Å². The van der Waals surface area contributed by atoms with Gasteiger partial charge in [0.25, 0.3) is 0 Å². The van der Waals surface area contributed by atoms with Crippen molar-refractivity contribution in [3.8, 4) is 5.75 Å². The molecule has 0 aromatic heterocycles. The Morgan fingerprint density at radius 2 is 1.92 bits per heavy atom. The van der Waals surface area contributed by atoms with Gasteiger partial charge in [0.1, 0.15) is 5.75 Å². The Morgan fingerprint density at radius 1 is 1.24 bits per heavy atom. The molecule has 2 aliphatic rings. The summed E-state index contributed by atoms with van der Waals surface area (Å²) < 4.78 is 5.49. The van der Waals surface area contributed by atoms with Crippen molar-refractivity contribution in [2.24, 2.45) is 5.92 Å². The molecule has 1 aliphatic heterocycles. The maximum atomic E-state index is 12.2. The van der Waals surface area contributed by atoms with Gasteiger partial charge in [-0.1, -0.05) is 17.7 Å². The van der Waals surface area contributed by atoms with E-state index in [1.165, 1.54) is 24.0 Å². The summed E-state index contributed by atoms with van der Waals surface area (Å²) in [7, 11) is 1.73. The van der Waals surface area contributed by atoms with Crippen molar-refractivity contribution >= 4 is 5.91 Å². The van der Waals surface area contributed by atoms with Crippen LogP contribution in [0.15, 0.2) is 18.2 Å². The fourth-order valence-corrected chi connectivity index (χ4v) is 3.59. The summed E-state index contributed by atoms with van der Waals surface area (Å²) in [6.45, 7) is 9.54.